The highest BCUT2D eigenvalue weighted by atomic mass is 16.5. The lowest BCUT2D eigenvalue weighted by Crippen LogP contribution is -2.32. The molecule has 0 saturated carbocycles. The second-order valence-corrected chi connectivity index (χ2v) is 7.64. The van der Waals surface area contributed by atoms with Crippen LogP contribution < -0.4 is 10.2 Å². The summed E-state index contributed by atoms with van der Waals surface area (Å²) in [5.41, 5.74) is 2.18. The molecule has 0 saturated heterocycles. The third-order valence-corrected chi connectivity index (χ3v) is 5.64. The summed E-state index contributed by atoms with van der Waals surface area (Å²) >= 11 is 0. The summed E-state index contributed by atoms with van der Waals surface area (Å²) in [6, 6.07) is 23.4. The van der Waals surface area contributed by atoms with Crippen molar-refractivity contribution in [3.05, 3.63) is 112 Å². The van der Waals surface area contributed by atoms with Gasteiger partial charge in [-0.1, -0.05) is 54.6 Å². The molecule has 4 aromatic rings. The van der Waals surface area contributed by atoms with Crippen molar-refractivity contribution in [2.24, 2.45) is 0 Å². The van der Waals surface area contributed by atoms with Gasteiger partial charge in [-0.05, 0) is 35.4 Å². The second kappa shape index (κ2) is 8.32. The monoisotopic (exact) mass is 427 g/mol. The molecule has 1 atom stereocenters. The van der Waals surface area contributed by atoms with Crippen molar-refractivity contribution in [1.82, 2.24) is 4.90 Å². The maximum absolute atomic E-state index is 13.4. The van der Waals surface area contributed by atoms with Crippen molar-refractivity contribution in [1.29, 1.82) is 0 Å². The summed E-state index contributed by atoms with van der Waals surface area (Å²) < 4.78 is 11.8. The summed E-state index contributed by atoms with van der Waals surface area (Å²) in [6.45, 7) is 0.254. The van der Waals surface area contributed by atoms with E-state index >= 15 is 0 Å². The third-order valence-electron chi connectivity index (χ3n) is 5.64. The fraction of sp³-hybridized carbons (Fsp3) is 0.154. The van der Waals surface area contributed by atoms with E-state index in [-0.39, 0.29) is 24.3 Å². The van der Waals surface area contributed by atoms with Crippen molar-refractivity contribution in [2.75, 3.05) is 13.2 Å². The van der Waals surface area contributed by atoms with Crippen molar-refractivity contribution >= 4 is 16.9 Å². The Morgan fingerprint density at radius 3 is 2.53 bits per heavy atom. The van der Waals surface area contributed by atoms with E-state index in [4.69, 9.17) is 9.15 Å². The van der Waals surface area contributed by atoms with Crippen LogP contribution in [0.3, 0.4) is 0 Å². The molecular weight excluding hydrogens is 406 g/mol. The summed E-state index contributed by atoms with van der Waals surface area (Å²) in [4.78, 5) is 28.0. The number of ether oxygens (including phenoxy) is 1. The molecule has 1 amide bonds. The van der Waals surface area contributed by atoms with E-state index in [0.29, 0.717) is 28.9 Å². The molecule has 0 bridgehead atoms. The van der Waals surface area contributed by atoms with Gasteiger partial charge in [0.1, 0.15) is 17.9 Å². The lowest BCUT2D eigenvalue weighted by Gasteiger charge is -2.24. The van der Waals surface area contributed by atoms with E-state index in [0.717, 1.165) is 11.1 Å². The zero-order valence-corrected chi connectivity index (χ0v) is 17.2. The van der Waals surface area contributed by atoms with Crippen LogP contribution in [0.25, 0.3) is 11.0 Å². The number of aliphatic hydroxyl groups excluding tert-OH is 1. The normalized spacial score (nSPS) is 15.2. The number of rotatable bonds is 6. The van der Waals surface area contributed by atoms with Gasteiger partial charge in [0.2, 0.25) is 5.76 Å². The Morgan fingerprint density at radius 2 is 1.72 bits per heavy atom. The first kappa shape index (κ1) is 20.0. The van der Waals surface area contributed by atoms with Crippen LogP contribution in [0.4, 0.5) is 0 Å². The summed E-state index contributed by atoms with van der Waals surface area (Å²) in [7, 11) is 0. The van der Waals surface area contributed by atoms with Crippen LogP contribution in [0.5, 0.6) is 5.75 Å². The highest BCUT2D eigenvalue weighted by molar-refractivity contribution is 5.99. The maximum Gasteiger partial charge on any atom is 0.290 e. The fourth-order valence-electron chi connectivity index (χ4n) is 4.17. The highest BCUT2D eigenvalue weighted by Gasteiger charge is 2.42. The Bertz CT molecular complexity index is 1350. The molecule has 0 radical (unpaired) electrons. The van der Waals surface area contributed by atoms with Gasteiger partial charge >= 0.3 is 0 Å². The Balaban J connectivity index is 1.57. The Hall–Kier alpha value is -3.90. The first-order valence-corrected chi connectivity index (χ1v) is 10.4. The molecule has 0 aliphatic carbocycles. The van der Waals surface area contributed by atoms with Crippen molar-refractivity contribution < 1.29 is 19.1 Å². The molecular formula is C26H21NO5. The van der Waals surface area contributed by atoms with Gasteiger partial charge in [-0.25, -0.2) is 0 Å². The van der Waals surface area contributed by atoms with E-state index in [9.17, 15) is 14.7 Å². The molecule has 32 heavy (non-hydrogen) atoms. The molecule has 0 fully saturated rings. The third kappa shape index (κ3) is 3.44. The van der Waals surface area contributed by atoms with Crippen LogP contribution in [0.1, 0.15) is 33.3 Å². The molecule has 6 nitrogen and oxygen atoms in total. The van der Waals surface area contributed by atoms with Gasteiger partial charge in [0, 0.05) is 6.54 Å². The van der Waals surface area contributed by atoms with E-state index in [1.54, 1.807) is 24.3 Å². The van der Waals surface area contributed by atoms with Crippen molar-refractivity contribution in [2.45, 2.75) is 12.6 Å². The van der Waals surface area contributed by atoms with Crippen molar-refractivity contribution in [3.8, 4) is 5.75 Å². The van der Waals surface area contributed by atoms with Crippen LogP contribution in [-0.4, -0.2) is 29.1 Å². The minimum atomic E-state index is -0.661. The molecule has 5 rings (SSSR count). The van der Waals surface area contributed by atoms with Crippen LogP contribution >= 0.6 is 0 Å². The van der Waals surface area contributed by atoms with E-state index in [1.807, 2.05) is 54.6 Å². The standard InChI is InChI=1S/C26H21NO5/c28-14-13-27-23(18-9-6-10-19(15-18)31-16-17-7-2-1-3-8-17)22-24(29)20-11-4-5-12-21(20)32-25(22)26(27)30/h1-12,15,23,28H,13-14,16H2/t23-/m1/s1. The van der Waals surface area contributed by atoms with Gasteiger partial charge in [-0.2, -0.15) is 0 Å². The second-order valence-electron chi connectivity index (χ2n) is 7.64. The van der Waals surface area contributed by atoms with Crippen LogP contribution in [-0.2, 0) is 6.61 Å². The number of carbonyl (C=O) groups is 1. The molecule has 1 aromatic heterocycles. The van der Waals surface area contributed by atoms with Gasteiger partial charge in [-0.3, -0.25) is 9.59 Å². The first-order valence-electron chi connectivity index (χ1n) is 10.4. The number of hydrogen-bond acceptors (Lipinski definition) is 5. The number of hydrogen-bond donors (Lipinski definition) is 1. The number of para-hydroxylation sites is 1. The number of aliphatic hydroxyl groups is 1. The minimum absolute atomic E-state index is 0.0303. The summed E-state index contributed by atoms with van der Waals surface area (Å²) in [5.74, 6) is 0.252. The molecule has 160 valence electrons. The fourth-order valence-corrected chi connectivity index (χ4v) is 4.17. The number of fused-ring (bicyclic) bond motifs is 2. The van der Waals surface area contributed by atoms with Gasteiger partial charge in [-0.15, -0.1) is 0 Å². The van der Waals surface area contributed by atoms with E-state index in [2.05, 4.69) is 0 Å². The molecule has 1 aliphatic heterocycles. The van der Waals surface area contributed by atoms with E-state index < -0.39 is 11.9 Å². The van der Waals surface area contributed by atoms with Crippen LogP contribution in [0.2, 0.25) is 0 Å². The van der Waals surface area contributed by atoms with E-state index in [1.165, 1.54) is 4.90 Å². The molecule has 0 spiro atoms. The van der Waals surface area contributed by atoms with Gasteiger partial charge in [0.25, 0.3) is 5.91 Å². The number of benzene rings is 3. The zero-order chi connectivity index (χ0) is 22.1. The van der Waals surface area contributed by atoms with Gasteiger partial charge < -0.3 is 19.2 Å². The quantitative estimate of drug-likeness (QED) is 0.505. The summed E-state index contributed by atoms with van der Waals surface area (Å²) in [6.07, 6.45) is 0. The first-order chi connectivity index (χ1) is 15.7. The molecule has 2 heterocycles. The lowest BCUT2D eigenvalue weighted by molar-refractivity contribution is 0.0691. The zero-order valence-electron chi connectivity index (χ0n) is 17.2. The number of nitrogens with zero attached hydrogens (tertiary/aromatic N) is 1. The molecule has 1 N–H and O–H groups in total. The SMILES string of the molecule is O=C1c2oc3ccccc3c(=O)c2[C@@H](c2cccc(OCc3ccccc3)c2)N1CCO. The topological polar surface area (TPSA) is 80.0 Å². The smallest absolute Gasteiger partial charge is 0.290 e. The highest BCUT2D eigenvalue weighted by Crippen LogP contribution is 2.38. The number of amides is 1. The lowest BCUT2D eigenvalue weighted by atomic mass is 9.98. The Labute approximate surface area is 184 Å². The van der Waals surface area contributed by atoms with Crippen LogP contribution in [0.15, 0.2) is 88.1 Å². The predicted octanol–water partition coefficient (Wildman–Crippen LogP) is 3.91. The Kier molecular flexibility index (Phi) is 5.21. The minimum Gasteiger partial charge on any atom is -0.489 e. The Morgan fingerprint density at radius 1 is 0.938 bits per heavy atom. The molecule has 0 unspecified atom stereocenters. The average molecular weight is 427 g/mol. The molecule has 1 aliphatic rings. The predicted molar refractivity (Wildman–Crippen MR) is 120 cm³/mol. The maximum atomic E-state index is 13.4. The number of carbonyl (C=O) groups excluding carboxylic acids is 1. The van der Waals surface area contributed by atoms with Crippen LogP contribution in [0, 0.1) is 0 Å². The molecule has 3 aromatic carbocycles. The van der Waals surface area contributed by atoms with Gasteiger partial charge in [0.05, 0.1) is 23.6 Å². The number of β-amino-alcohol motifs (C(OH)–C–C–N with tert-alkyl or cyclic N) is 1. The summed E-state index contributed by atoms with van der Waals surface area (Å²) in [5, 5.41) is 10.0. The largest absolute Gasteiger partial charge is 0.489 e. The molecule has 6 heteroatoms. The van der Waals surface area contributed by atoms with Crippen molar-refractivity contribution in [3.63, 3.8) is 0 Å². The average Bonchev–Trinajstić information content (AvgIpc) is 3.11. The van der Waals surface area contributed by atoms with Gasteiger partial charge in [0.15, 0.2) is 5.43 Å².